The molecule has 0 radical (unpaired) electrons. The number of nitrogens with zero attached hydrogens (tertiary/aromatic N) is 6. The second-order valence-corrected chi connectivity index (χ2v) is 13.9. The summed E-state index contributed by atoms with van der Waals surface area (Å²) in [7, 11) is 6.44. The lowest BCUT2D eigenvalue weighted by atomic mass is 9.84. The van der Waals surface area contributed by atoms with Gasteiger partial charge in [0.05, 0.1) is 6.42 Å². The van der Waals surface area contributed by atoms with Crippen molar-refractivity contribution in [1.82, 2.24) is 35.6 Å². The number of carboxylic acid groups (broad SMARTS) is 1. The molecule has 4 rings (SSSR count). The number of hydrogen-bond donors (Lipinski definition) is 3. The molecular formula is C34H55N7O8. The van der Waals surface area contributed by atoms with Crippen LogP contribution in [0.2, 0.25) is 0 Å². The first kappa shape index (κ1) is 39.6. The van der Waals surface area contributed by atoms with Crippen LogP contribution in [0.4, 0.5) is 0 Å². The molecule has 15 heteroatoms. The van der Waals surface area contributed by atoms with E-state index in [-0.39, 0.29) is 59.9 Å². The minimum Gasteiger partial charge on any atom is -0.481 e. The molecule has 2 aromatic rings. The lowest BCUT2D eigenvalue weighted by molar-refractivity contribution is -0.137. The maximum Gasteiger partial charge on any atom is 0.304 e. The fourth-order valence-corrected chi connectivity index (χ4v) is 6.74. The second kappa shape index (κ2) is 20.6. The Morgan fingerprint density at radius 3 is 1.49 bits per heavy atom. The Bertz CT molecular complexity index is 1320. The summed E-state index contributed by atoms with van der Waals surface area (Å²) in [6.07, 6.45) is 18.6. The second-order valence-electron chi connectivity index (χ2n) is 13.9. The van der Waals surface area contributed by atoms with Crippen LogP contribution in [0.25, 0.3) is 0 Å². The van der Waals surface area contributed by atoms with Crippen molar-refractivity contribution < 1.29 is 38.5 Å². The number of hydroxylamine groups is 1. The molecule has 2 heterocycles. The number of rotatable bonds is 16. The quantitative estimate of drug-likeness (QED) is 0.146. The fraction of sp³-hybridized carbons (Fsp3) is 0.765. The third-order valence-corrected chi connectivity index (χ3v) is 9.53. The Morgan fingerprint density at radius 1 is 0.714 bits per heavy atom. The number of carbonyl (C=O) groups is 4. The van der Waals surface area contributed by atoms with Gasteiger partial charge in [-0.2, -0.15) is 9.97 Å². The number of aromatic nitrogens is 4. The van der Waals surface area contributed by atoms with Crippen LogP contribution >= 0.6 is 0 Å². The monoisotopic (exact) mass is 689 g/mol. The van der Waals surface area contributed by atoms with Gasteiger partial charge in [0.15, 0.2) is 0 Å². The molecule has 2 aliphatic rings. The molecule has 2 fully saturated rings. The van der Waals surface area contributed by atoms with E-state index in [1.807, 2.05) is 0 Å². The lowest BCUT2D eigenvalue weighted by Gasteiger charge is -2.22. The normalized spacial score (nSPS) is 16.6. The minimum atomic E-state index is -0.892. The molecular weight excluding hydrogens is 634 g/mol. The molecule has 49 heavy (non-hydrogen) atoms. The van der Waals surface area contributed by atoms with E-state index >= 15 is 0 Å². The van der Waals surface area contributed by atoms with Crippen molar-refractivity contribution in [1.29, 1.82) is 0 Å². The van der Waals surface area contributed by atoms with Crippen LogP contribution in [-0.2, 0) is 9.59 Å². The van der Waals surface area contributed by atoms with Crippen molar-refractivity contribution in [2.24, 2.45) is 11.8 Å². The van der Waals surface area contributed by atoms with E-state index in [1.54, 1.807) is 33.7 Å². The van der Waals surface area contributed by atoms with Crippen LogP contribution < -0.4 is 5.48 Å². The van der Waals surface area contributed by atoms with E-state index in [2.05, 4.69) is 20.3 Å². The highest BCUT2D eigenvalue weighted by Gasteiger charge is 2.27. The summed E-state index contributed by atoms with van der Waals surface area (Å²) in [5.74, 6) is -0.689. The van der Waals surface area contributed by atoms with Crippen LogP contribution in [0.5, 0.6) is 0 Å². The summed E-state index contributed by atoms with van der Waals surface area (Å²) in [4.78, 5) is 57.5. The van der Waals surface area contributed by atoms with E-state index in [0.29, 0.717) is 12.8 Å². The highest BCUT2D eigenvalue weighted by atomic mass is 16.5. The third kappa shape index (κ3) is 13.5. The molecule has 0 aromatic carbocycles. The Labute approximate surface area is 288 Å². The maximum atomic E-state index is 11.9. The number of carboxylic acids is 1. The van der Waals surface area contributed by atoms with Gasteiger partial charge in [0.1, 0.15) is 0 Å². The molecule has 3 amide bonds. The maximum absolute atomic E-state index is 11.9. The zero-order valence-corrected chi connectivity index (χ0v) is 29.6. The van der Waals surface area contributed by atoms with Gasteiger partial charge in [0, 0.05) is 46.4 Å². The fourth-order valence-electron chi connectivity index (χ4n) is 6.74. The van der Waals surface area contributed by atoms with Gasteiger partial charge in [0.2, 0.25) is 17.7 Å². The smallest absolute Gasteiger partial charge is 0.304 e. The van der Waals surface area contributed by atoms with Crippen molar-refractivity contribution in [3.63, 3.8) is 0 Å². The summed E-state index contributed by atoms with van der Waals surface area (Å²) < 4.78 is 10.4. The van der Waals surface area contributed by atoms with Gasteiger partial charge >= 0.3 is 5.97 Å². The van der Waals surface area contributed by atoms with Crippen LogP contribution in [0.3, 0.4) is 0 Å². The number of nitrogens with one attached hydrogen (secondary N) is 1. The highest BCUT2D eigenvalue weighted by molar-refractivity contribution is 5.90. The molecule has 3 N–H and O–H groups in total. The average Bonchev–Trinajstić information content (AvgIpc) is 3.79. The van der Waals surface area contributed by atoms with Gasteiger partial charge in [-0.25, -0.2) is 5.48 Å². The van der Waals surface area contributed by atoms with Crippen molar-refractivity contribution in [3.8, 4) is 0 Å². The van der Waals surface area contributed by atoms with Gasteiger partial charge in [-0.15, -0.1) is 0 Å². The first-order valence-corrected chi connectivity index (χ1v) is 17.7. The number of aliphatic carboxylic acids is 1. The topological polar surface area (TPSA) is 205 Å². The summed E-state index contributed by atoms with van der Waals surface area (Å²) in [6.45, 7) is 0. The van der Waals surface area contributed by atoms with Crippen LogP contribution in [-0.4, -0.2) is 92.3 Å². The predicted octanol–water partition coefficient (Wildman–Crippen LogP) is 5.58. The molecule has 0 saturated heterocycles. The summed E-state index contributed by atoms with van der Waals surface area (Å²) in [6, 6.07) is 0. The van der Waals surface area contributed by atoms with Gasteiger partial charge in [-0.1, -0.05) is 100 Å². The predicted molar refractivity (Wildman–Crippen MR) is 178 cm³/mol. The Balaban J connectivity index is 0.000000266. The summed E-state index contributed by atoms with van der Waals surface area (Å²) >= 11 is 0. The van der Waals surface area contributed by atoms with Crippen LogP contribution in [0, 0.1) is 11.8 Å². The van der Waals surface area contributed by atoms with Gasteiger partial charge < -0.3 is 24.0 Å². The lowest BCUT2D eigenvalue weighted by Crippen LogP contribution is -2.23. The molecule has 2 atom stereocenters. The molecule has 2 aromatic heterocycles. The van der Waals surface area contributed by atoms with Crippen molar-refractivity contribution >= 4 is 23.7 Å². The molecule has 274 valence electrons. The van der Waals surface area contributed by atoms with Gasteiger partial charge in [-0.05, 0) is 24.7 Å². The molecule has 0 aliphatic heterocycles. The molecule has 0 spiro atoms. The number of carbonyl (C=O) groups excluding carboxylic acids is 3. The molecule has 2 aliphatic carbocycles. The van der Waals surface area contributed by atoms with E-state index in [9.17, 15) is 19.2 Å². The first-order valence-electron chi connectivity index (χ1n) is 17.7. The summed E-state index contributed by atoms with van der Waals surface area (Å²) in [5, 5.41) is 25.3. The number of amides is 3. The highest BCUT2D eigenvalue weighted by Crippen LogP contribution is 2.32. The Kier molecular flexibility index (Phi) is 16.6. The molecule has 15 nitrogen and oxygen atoms in total. The largest absolute Gasteiger partial charge is 0.481 e. The van der Waals surface area contributed by atoms with Crippen molar-refractivity contribution in [3.05, 3.63) is 23.4 Å². The average molecular weight is 690 g/mol. The molecule has 0 bridgehead atoms. The Hall–Kier alpha value is -3.88. The molecule has 0 unspecified atom stereocenters. The molecule has 2 saturated carbocycles. The zero-order chi connectivity index (χ0) is 35.8. The van der Waals surface area contributed by atoms with Gasteiger partial charge in [-0.3, -0.25) is 24.4 Å². The van der Waals surface area contributed by atoms with E-state index in [0.717, 1.165) is 37.5 Å². The van der Waals surface area contributed by atoms with Crippen LogP contribution in [0.15, 0.2) is 9.05 Å². The van der Waals surface area contributed by atoms with Crippen LogP contribution in [0.1, 0.15) is 160 Å². The van der Waals surface area contributed by atoms with Crippen molar-refractivity contribution in [2.45, 2.75) is 127 Å². The first-order chi connectivity index (χ1) is 23.5. The van der Waals surface area contributed by atoms with E-state index < -0.39 is 11.9 Å². The Morgan fingerprint density at radius 2 is 1.12 bits per heavy atom. The third-order valence-electron chi connectivity index (χ3n) is 9.53. The van der Waals surface area contributed by atoms with E-state index in [4.69, 9.17) is 19.4 Å². The summed E-state index contributed by atoms with van der Waals surface area (Å²) in [5.41, 5.74) is 1.65. The SMILES string of the molecule is CN(C)C(=O)c1noc([C@H](CCCC2CCCCC2)CC(=O)NO)n1.CN(C)C(=O)c1noc([C@H](CCCC2CCCCC2)CC(=O)O)n1. The minimum absolute atomic E-state index is 0.0123. The number of hydrogen-bond acceptors (Lipinski definition) is 11. The van der Waals surface area contributed by atoms with Gasteiger partial charge in [0.25, 0.3) is 23.5 Å². The van der Waals surface area contributed by atoms with Crippen molar-refractivity contribution in [2.75, 3.05) is 28.2 Å². The van der Waals surface area contributed by atoms with E-state index in [1.165, 1.54) is 74.0 Å². The standard InChI is InChI=1S/C17H28N4O4.C17H27N3O4/c1-21(2)17(23)15-18-16(25-20-15)13(11-14(22)19-24)10-6-9-12-7-4-3-5-8-12;1-20(2)17(23)15-18-16(24-19-15)13(11-14(21)22)10-6-9-12-7-4-3-5-8-12/h12-13,24H,3-11H2,1-2H3,(H,19,22);12-13H,3-11H2,1-2H3,(H,21,22)/t2*13-/m11/s1. The zero-order valence-electron chi connectivity index (χ0n) is 29.6.